The van der Waals surface area contributed by atoms with Gasteiger partial charge in [0.1, 0.15) is 0 Å². The highest BCUT2D eigenvalue weighted by Crippen LogP contribution is 2.24. The molecule has 1 nitrogen and oxygen atoms in total. The Labute approximate surface area is 101 Å². The van der Waals surface area contributed by atoms with Gasteiger partial charge in [-0.3, -0.25) is 4.98 Å². The maximum atomic E-state index is 4.72. The van der Waals surface area contributed by atoms with Crippen molar-refractivity contribution >= 4 is 0 Å². The zero-order valence-corrected chi connectivity index (χ0v) is 9.45. The van der Waals surface area contributed by atoms with Gasteiger partial charge in [-0.2, -0.15) is 0 Å². The third-order valence-electron chi connectivity index (χ3n) is 2.93. The molecule has 1 aliphatic carbocycles. The summed E-state index contributed by atoms with van der Waals surface area (Å²) in [5.41, 5.74) is 3.31. The fourth-order valence-electron chi connectivity index (χ4n) is 2.04. The Bertz CT molecular complexity index is 555. The van der Waals surface area contributed by atoms with Crippen molar-refractivity contribution in [3.8, 4) is 11.3 Å². The van der Waals surface area contributed by atoms with Crippen LogP contribution in [0.15, 0.2) is 72.8 Å². The van der Waals surface area contributed by atoms with Crippen molar-refractivity contribution in [1.82, 2.24) is 4.98 Å². The summed E-state index contributed by atoms with van der Waals surface area (Å²) in [6.07, 6.45) is 8.47. The highest BCUT2D eigenvalue weighted by atomic mass is 14.7. The summed E-state index contributed by atoms with van der Waals surface area (Å²) in [7, 11) is 0. The lowest BCUT2D eigenvalue weighted by Gasteiger charge is -2.07. The van der Waals surface area contributed by atoms with Crippen LogP contribution in [0.3, 0.4) is 0 Å². The normalized spacial score (nSPS) is 14.4. The molecule has 1 heterocycles. The summed E-state index contributed by atoms with van der Waals surface area (Å²) in [4.78, 5) is 4.72. The molecule has 0 N–H and O–H groups in total. The van der Waals surface area contributed by atoms with E-state index in [9.17, 15) is 0 Å². The largest absolute Gasteiger partial charge is 0.252 e. The van der Waals surface area contributed by atoms with Crippen molar-refractivity contribution in [2.24, 2.45) is 0 Å². The smallest absolute Gasteiger partial charge is 0.0705 e. The van der Waals surface area contributed by atoms with Gasteiger partial charge in [-0.1, -0.05) is 60.7 Å². The van der Waals surface area contributed by atoms with Crippen molar-refractivity contribution in [3.05, 3.63) is 78.5 Å². The van der Waals surface area contributed by atoms with Gasteiger partial charge >= 0.3 is 0 Å². The van der Waals surface area contributed by atoms with Gasteiger partial charge in [0.25, 0.3) is 0 Å². The standard InChI is InChI=1S/C16H13N/c1-2-7-13(8-3-1)15-11-6-12-16(17-15)14-9-4-5-10-14/h1-12,14H. The quantitative estimate of drug-likeness (QED) is 0.745. The van der Waals surface area contributed by atoms with Crippen LogP contribution >= 0.6 is 0 Å². The van der Waals surface area contributed by atoms with Crippen LogP contribution in [0.1, 0.15) is 11.6 Å². The van der Waals surface area contributed by atoms with Crippen LogP contribution in [0.5, 0.6) is 0 Å². The zero-order chi connectivity index (χ0) is 11.5. The average molecular weight is 219 g/mol. The molecule has 0 atom stereocenters. The number of pyridine rings is 1. The van der Waals surface area contributed by atoms with Gasteiger partial charge in [-0.25, -0.2) is 0 Å². The van der Waals surface area contributed by atoms with E-state index in [1.807, 2.05) is 18.2 Å². The number of hydrogen-bond donors (Lipinski definition) is 0. The zero-order valence-electron chi connectivity index (χ0n) is 9.45. The summed E-state index contributed by atoms with van der Waals surface area (Å²) < 4.78 is 0. The van der Waals surface area contributed by atoms with Gasteiger partial charge in [0.15, 0.2) is 0 Å². The topological polar surface area (TPSA) is 12.9 Å². The molecule has 17 heavy (non-hydrogen) atoms. The second kappa shape index (κ2) is 4.38. The first-order valence-corrected chi connectivity index (χ1v) is 5.81. The van der Waals surface area contributed by atoms with Crippen LogP contribution < -0.4 is 0 Å². The molecule has 0 bridgehead atoms. The van der Waals surface area contributed by atoms with Gasteiger partial charge < -0.3 is 0 Å². The molecule has 1 aromatic heterocycles. The van der Waals surface area contributed by atoms with E-state index in [0.29, 0.717) is 5.92 Å². The first-order chi connectivity index (χ1) is 8.43. The SMILES string of the molecule is C1=CC(c2cccc(-c3ccccc3)n2)C=C1. The van der Waals surface area contributed by atoms with Crippen LogP contribution in [-0.4, -0.2) is 4.98 Å². The Kier molecular flexibility index (Phi) is 2.59. The Morgan fingerprint density at radius 1 is 0.765 bits per heavy atom. The summed E-state index contributed by atoms with van der Waals surface area (Å²) >= 11 is 0. The molecular weight excluding hydrogens is 206 g/mol. The predicted molar refractivity (Wildman–Crippen MR) is 70.7 cm³/mol. The molecule has 2 aromatic rings. The van der Waals surface area contributed by atoms with Gasteiger partial charge in [0.05, 0.1) is 11.4 Å². The van der Waals surface area contributed by atoms with Gasteiger partial charge in [0.2, 0.25) is 0 Å². The van der Waals surface area contributed by atoms with Crippen molar-refractivity contribution in [2.75, 3.05) is 0 Å². The van der Waals surface area contributed by atoms with E-state index in [4.69, 9.17) is 4.98 Å². The van der Waals surface area contributed by atoms with E-state index in [2.05, 4.69) is 54.6 Å². The fourth-order valence-corrected chi connectivity index (χ4v) is 2.04. The summed E-state index contributed by atoms with van der Waals surface area (Å²) in [5.74, 6) is 0.332. The number of allylic oxidation sites excluding steroid dienone is 4. The van der Waals surface area contributed by atoms with Gasteiger partial charge in [-0.05, 0) is 12.1 Å². The highest BCUT2D eigenvalue weighted by Gasteiger charge is 2.09. The molecule has 0 saturated heterocycles. The van der Waals surface area contributed by atoms with Gasteiger partial charge in [-0.15, -0.1) is 0 Å². The van der Waals surface area contributed by atoms with E-state index < -0.39 is 0 Å². The Morgan fingerprint density at radius 3 is 2.29 bits per heavy atom. The minimum absolute atomic E-state index is 0.332. The van der Waals surface area contributed by atoms with E-state index in [1.54, 1.807) is 0 Å². The molecule has 3 rings (SSSR count). The lowest BCUT2D eigenvalue weighted by atomic mass is 10.1. The third kappa shape index (κ3) is 2.04. The fraction of sp³-hybridized carbons (Fsp3) is 0.0625. The molecule has 0 radical (unpaired) electrons. The maximum Gasteiger partial charge on any atom is 0.0705 e. The van der Waals surface area contributed by atoms with Crippen LogP contribution in [-0.2, 0) is 0 Å². The molecule has 82 valence electrons. The average Bonchev–Trinajstić information content (AvgIpc) is 2.94. The molecule has 1 heteroatoms. The molecular formula is C16H13N. The van der Waals surface area contributed by atoms with E-state index >= 15 is 0 Å². The molecule has 0 fully saturated rings. The van der Waals surface area contributed by atoms with Crippen LogP contribution in [0, 0.1) is 0 Å². The number of benzene rings is 1. The minimum atomic E-state index is 0.332. The summed E-state index contributed by atoms with van der Waals surface area (Å²) in [6.45, 7) is 0. The number of hydrogen-bond acceptors (Lipinski definition) is 1. The molecule has 0 unspecified atom stereocenters. The molecule has 0 amide bonds. The molecule has 1 aromatic carbocycles. The number of nitrogens with zero attached hydrogens (tertiary/aromatic N) is 1. The van der Waals surface area contributed by atoms with Crippen LogP contribution in [0.2, 0.25) is 0 Å². The second-order valence-electron chi connectivity index (χ2n) is 4.11. The molecule has 0 aliphatic heterocycles. The number of rotatable bonds is 2. The van der Waals surface area contributed by atoms with Crippen LogP contribution in [0.25, 0.3) is 11.3 Å². The van der Waals surface area contributed by atoms with E-state index in [0.717, 1.165) is 11.4 Å². The maximum absolute atomic E-state index is 4.72. The summed E-state index contributed by atoms with van der Waals surface area (Å²) in [5, 5.41) is 0. The van der Waals surface area contributed by atoms with Crippen molar-refractivity contribution in [2.45, 2.75) is 5.92 Å². The Hall–Kier alpha value is -2.15. The van der Waals surface area contributed by atoms with Gasteiger partial charge in [0, 0.05) is 11.5 Å². The molecule has 0 saturated carbocycles. The Balaban J connectivity index is 2.00. The first-order valence-electron chi connectivity index (χ1n) is 5.81. The van der Waals surface area contributed by atoms with Crippen molar-refractivity contribution in [1.29, 1.82) is 0 Å². The predicted octanol–water partition coefficient (Wildman–Crippen LogP) is 3.96. The third-order valence-corrected chi connectivity index (χ3v) is 2.93. The first kappa shape index (κ1) is 10.0. The molecule has 0 spiro atoms. The minimum Gasteiger partial charge on any atom is -0.252 e. The second-order valence-corrected chi connectivity index (χ2v) is 4.11. The van der Waals surface area contributed by atoms with E-state index in [1.165, 1.54) is 5.56 Å². The highest BCUT2D eigenvalue weighted by molar-refractivity contribution is 5.59. The number of aromatic nitrogens is 1. The molecule has 1 aliphatic rings. The van der Waals surface area contributed by atoms with E-state index in [-0.39, 0.29) is 0 Å². The van der Waals surface area contributed by atoms with Crippen molar-refractivity contribution in [3.63, 3.8) is 0 Å². The lowest BCUT2D eigenvalue weighted by molar-refractivity contribution is 1.01. The van der Waals surface area contributed by atoms with Crippen molar-refractivity contribution < 1.29 is 0 Å². The Morgan fingerprint density at radius 2 is 1.53 bits per heavy atom. The monoisotopic (exact) mass is 219 g/mol. The summed E-state index contributed by atoms with van der Waals surface area (Å²) in [6, 6.07) is 16.5. The lowest BCUT2D eigenvalue weighted by Crippen LogP contribution is -1.95. The van der Waals surface area contributed by atoms with Crippen LogP contribution in [0.4, 0.5) is 0 Å².